The van der Waals surface area contributed by atoms with E-state index in [9.17, 15) is 9.59 Å². The third-order valence-electron chi connectivity index (χ3n) is 5.66. The van der Waals surface area contributed by atoms with E-state index in [2.05, 4.69) is 0 Å². The van der Waals surface area contributed by atoms with Crippen molar-refractivity contribution in [2.24, 2.45) is 5.41 Å². The fourth-order valence-electron chi connectivity index (χ4n) is 4.39. The maximum Gasteiger partial charge on any atom is 0.331 e. The van der Waals surface area contributed by atoms with Crippen LogP contribution in [0.5, 0.6) is 0 Å². The van der Waals surface area contributed by atoms with Gasteiger partial charge in [-0.2, -0.15) is 0 Å². The number of hydrogen-bond acceptors (Lipinski definition) is 6. The first-order chi connectivity index (χ1) is 13.5. The van der Waals surface area contributed by atoms with Crippen molar-refractivity contribution in [2.75, 3.05) is 19.2 Å². The SMILES string of the molecule is COC(=O)[C@@H]1N(c2ccccc2)N2C=Cc3ccccc3[C@@H]2[C@]1(C)C(=O)OC. The van der Waals surface area contributed by atoms with Gasteiger partial charge in [0.1, 0.15) is 5.41 Å². The number of hydrogen-bond donors (Lipinski definition) is 0. The van der Waals surface area contributed by atoms with Crippen LogP contribution in [0, 0.1) is 5.41 Å². The van der Waals surface area contributed by atoms with Gasteiger partial charge in [0.05, 0.1) is 25.9 Å². The minimum absolute atomic E-state index is 0.412. The number of fused-ring (bicyclic) bond motifs is 3. The third-order valence-corrected chi connectivity index (χ3v) is 5.66. The Morgan fingerprint density at radius 2 is 1.64 bits per heavy atom. The number of carbonyl (C=O) groups is 2. The number of carbonyl (C=O) groups excluding carboxylic acids is 2. The number of anilines is 1. The Hall–Kier alpha value is -3.28. The number of rotatable bonds is 3. The van der Waals surface area contributed by atoms with Crippen molar-refractivity contribution in [1.82, 2.24) is 5.01 Å². The molecule has 0 aromatic heterocycles. The van der Waals surface area contributed by atoms with E-state index in [0.29, 0.717) is 0 Å². The molecule has 2 aromatic carbocycles. The molecular formula is C22H22N2O4. The normalized spacial score (nSPS) is 25.1. The minimum Gasteiger partial charge on any atom is -0.468 e. The van der Waals surface area contributed by atoms with Crippen LogP contribution in [0.3, 0.4) is 0 Å². The number of methoxy groups -OCH3 is 2. The lowest BCUT2D eigenvalue weighted by atomic mass is 9.72. The van der Waals surface area contributed by atoms with Gasteiger partial charge in [0.2, 0.25) is 0 Å². The number of para-hydroxylation sites is 1. The standard InChI is InChI=1S/C22H22N2O4/c1-22(21(26)28-3)18-17-12-8-7-9-15(17)13-14-23(18)24(19(22)20(25)27-2)16-10-5-4-6-11-16/h4-14,18-19H,1-3H3/t18-,19+,22+/m1/s1. The van der Waals surface area contributed by atoms with Gasteiger partial charge in [-0.15, -0.1) is 0 Å². The smallest absolute Gasteiger partial charge is 0.331 e. The van der Waals surface area contributed by atoms with Crippen LogP contribution in [-0.2, 0) is 19.1 Å². The van der Waals surface area contributed by atoms with E-state index in [0.717, 1.165) is 16.8 Å². The highest BCUT2D eigenvalue weighted by atomic mass is 16.5. The van der Waals surface area contributed by atoms with Crippen molar-refractivity contribution in [3.63, 3.8) is 0 Å². The van der Waals surface area contributed by atoms with Crippen molar-refractivity contribution in [3.05, 3.63) is 71.9 Å². The second kappa shape index (κ2) is 6.71. The quantitative estimate of drug-likeness (QED) is 0.765. The Bertz CT molecular complexity index is 943. The molecule has 4 rings (SSSR count). The van der Waals surface area contributed by atoms with Crippen molar-refractivity contribution in [2.45, 2.75) is 19.0 Å². The van der Waals surface area contributed by atoms with Gasteiger partial charge in [0.15, 0.2) is 6.04 Å². The first kappa shape index (κ1) is 18.1. The fraction of sp³-hybridized carbons (Fsp3) is 0.273. The molecule has 0 spiro atoms. The minimum atomic E-state index is -1.18. The largest absolute Gasteiger partial charge is 0.468 e. The Kier molecular flexibility index (Phi) is 4.34. The number of hydrazine groups is 1. The molecule has 2 aromatic rings. The molecule has 2 aliphatic rings. The summed E-state index contributed by atoms with van der Waals surface area (Å²) in [6, 6.07) is 16.1. The van der Waals surface area contributed by atoms with E-state index in [1.165, 1.54) is 14.2 Å². The van der Waals surface area contributed by atoms with Crippen molar-refractivity contribution < 1.29 is 19.1 Å². The van der Waals surface area contributed by atoms with Gasteiger partial charge in [-0.25, -0.2) is 4.79 Å². The summed E-state index contributed by atoms with van der Waals surface area (Å²) in [4.78, 5) is 26.1. The summed E-state index contributed by atoms with van der Waals surface area (Å²) < 4.78 is 10.3. The lowest BCUT2D eigenvalue weighted by molar-refractivity contribution is -0.160. The molecule has 1 fully saturated rings. The van der Waals surface area contributed by atoms with Crippen LogP contribution < -0.4 is 5.01 Å². The summed E-state index contributed by atoms with van der Waals surface area (Å²) >= 11 is 0. The molecule has 144 valence electrons. The molecule has 0 radical (unpaired) electrons. The highest BCUT2D eigenvalue weighted by molar-refractivity contribution is 5.93. The topological polar surface area (TPSA) is 59.1 Å². The van der Waals surface area contributed by atoms with Gasteiger partial charge in [-0.3, -0.25) is 14.8 Å². The molecule has 1 saturated heterocycles. The molecule has 0 amide bonds. The molecule has 6 heteroatoms. The molecule has 6 nitrogen and oxygen atoms in total. The van der Waals surface area contributed by atoms with Gasteiger partial charge in [-0.1, -0.05) is 42.5 Å². The first-order valence-electron chi connectivity index (χ1n) is 9.10. The lowest BCUT2D eigenvalue weighted by Gasteiger charge is -2.37. The molecule has 3 atom stereocenters. The van der Waals surface area contributed by atoms with Crippen LogP contribution in [0.4, 0.5) is 5.69 Å². The van der Waals surface area contributed by atoms with Gasteiger partial charge in [0, 0.05) is 6.20 Å². The Labute approximate surface area is 163 Å². The van der Waals surface area contributed by atoms with Crippen LogP contribution in [0.25, 0.3) is 6.08 Å². The average Bonchev–Trinajstić information content (AvgIpc) is 3.03. The highest BCUT2D eigenvalue weighted by Crippen LogP contribution is 2.55. The summed E-state index contributed by atoms with van der Waals surface area (Å²) in [6.07, 6.45) is 3.89. The van der Waals surface area contributed by atoms with E-state index in [1.807, 2.05) is 76.9 Å². The summed E-state index contributed by atoms with van der Waals surface area (Å²) in [6.45, 7) is 1.77. The number of esters is 2. The highest BCUT2D eigenvalue weighted by Gasteiger charge is 2.65. The number of benzene rings is 2. The summed E-state index contributed by atoms with van der Waals surface area (Å²) in [5, 5.41) is 3.77. The predicted octanol–water partition coefficient (Wildman–Crippen LogP) is 3.17. The maximum atomic E-state index is 13.1. The zero-order chi connectivity index (χ0) is 19.9. The molecule has 0 saturated carbocycles. The average molecular weight is 378 g/mol. The number of nitrogens with zero attached hydrogens (tertiary/aromatic N) is 2. The lowest BCUT2D eigenvalue weighted by Crippen LogP contribution is -2.51. The second-order valence-corrected chi connectivity index (χ2v) is 7.11. The van der Waals surface area contributed by atoms with Crippen LogP contribution in [0.15, 0.2) is 60.8 Å². The molecule has 0 aliphatic carbocycles. The summed E-state index contributed by atoms with van der Waals surface area (Å²) in [7, 11) is 2.69. The van der Waals surface area contributed by atoms with Crippen LogP contribution in [0.2, 0.25) is 0 Å². The second-order valence-electron chi connectivity index (χ2n) is 7.11. The first-order valence-corrected chi connectivity index (χ1v) is 9.10. The Morgan fingerprint density at radius 1 is 0.964 bits per heavy atom. The van der Waals surface area contributed by atoms with Gasteiger partial charge in [0.25, 0.3) is 0 Å². The van der Waals surface area contributed by atoms with Gasteiger partial charge < -0.3 is 9.47 Å². The maximum absolute atomic E-state index is 13.1. The van der Waals surface area contributed by atoms with E-state index >= 15 is 0 Å². The van der Waals surface area contributed by atoms with E-state index in [4.69, 9.17) is 9.47 Å². The fourth-order valence-corrected chi connectivity index (χ4v) is 4.39. The molecule has 0 bridgehead atoms. The molecule has 0 N–H and O–H groups in total. The monoisotopic (exact) mass is 378 g/mol. The van der Waals surface area contributed by atoms with Crippen molar-refractivity contribution in [1.29, 1.82) is 0 Å². The molecule has 2 heterocycles. The zero-order valence-corrected chi connectivity index (χ0v) is 16.0. The molecule has 2 aliphatic heterocycles. The van der Waals surface area contributed by atoms with Crippen LogP contribution in [-0.4, -0.2) is 37.2 Å². The Morgan fingerprint density at radius 3 is 2.32 bits per heavy atom. The van der Waals surface area contributed by atoms with E-state index in [1.54, 1.807) is 6.92 Å². The molecule has 0 unspecified atom stereocenters. The van der Waals surface area contributed by atoms with Crippen LogP contribution in [0.1, 0.15) is 24.1 Å². The summed E-state index contributed by atoms with van der Waals surface area (Å²) in [5.41, 5.74) is 1.58. The van der Waals surface area contributed by atoms with Crippen molar-refractivity contribution >= 4 is 23.7 Å². The molecule has 28 heavy (non-hydrogen) atoms. The van der Waals surface area contributed by atoms with Crippen molar-refractivity contribution in [3.8, 4) is 0 Å². The van der Waals surface area contributed by atoms with E-state index < -0.39 is 29.4 Å². The summed E-state index contributed by atoms with van der Waals surface area (Å²) in [5.74, 6) is -0.946. The predicted molar refractivity (Wildman–Crippen MR) is 105 cm³/mol. The van der Waals surface area contributed by atoms with Gasteiger partial charge >= 0.3 is 11.9 Å². The van der Waals surface area contributed by atoms with Crippen LogP contribution >= 0.6 is 0 Å². The third kappa shape index (κ3) is 2.41. The number of ether oxygens (including phenoxy) is 2. The van der Waals surface area contributed by atoms with Gasteiger partial charge in [-0.05, 0) is 36.3 Å². The van der Waals surface area contributed by atoms with E-state index in [-0.39, 0.29) is 0 Å². The Balaban J connectivity index is 1.99. The zero-order valence-electron chi connectivity index (χ0n) is 16.0. The molecular weight excluding hydrogens is 356 g/mol.